The van der Waals surface area contributed by atoms with Crippen LogP contribution in [0.5, 0.6) is 0 Å². The topological polar surface area (TPSA) is 128 Å². The molecule has 118 valence electrons. The van der Waals surface area contributed by atoms with Gasteiger partial charge >= 0.3 is 0 Å². The molecule has 0 aliphatic heterocycles. The fourth-order valence-corrected chi connectivity index (χ4v) is 3.87. The van der Waals surface area contributed by atoms with Gasteiger partial charge in [-0.05, 0) is 12.1 Å². The lowest BCUT2D eigenvalue weighted by molar-refractivity contribution is -0.387. The summed E-state index contributed by atoms with van der Waals surface area (Å²) in [5.74, 6) is 0.720. The largest absolute Gasteiger partial charge is 0.384 e. The molecule has 0 aliphatic rings. The highest BCUT2D eigenvalue weighted by Gasteiger charge is 2.22. The molecule has 0 amide bonds. The maximum atomic E-state index is 11.3. The maximum Gasteiger partial charge on any atom is 0.291 e. The molecule has 0 radical (unpaired) electrons. The average Bonchev–Trinajstić information content (AvgIpc) is 2.95. The van der Waals surface area contributed by atoms with Crippen LogP contribution in [0.3, 0.4) is 0 Å². The summed E-state index contributed by atoms with van der Waals surface area (Å²) in [5.41, 5.74) is -0.0843. The van der Waals surface area contributed by atoms with Crippen molar-refractivity contribution in [2.75, 3.05) is 17.6 Å². The Labute approximate surface area is 135 Å². The Bertz CT molecular complexity index is 762. The molecule has 8 nitrogen and oxygen atoms in total. The van der Waals surface area contributed by atoms with Crippen LogP contribution in [0, 0.1) is 10.1 Å². The molecule has 11 heteroatoms. The monoisotopic (exact) mass is 360 g/mol. The number of sulfonamides is 1. The first-order valence-corrected chi connectivity index (χ1v) is 9.36. The molecule has 0 bridgehead atoms. The molecular weight excluding hydrogens is 348 g/mol. The first-order valence-electron chi connectivity index (χ1n) is 5.95. The van der Waals surface area contributed by atoms with Crippen LogP contribution in [0.2, 0.25) is 0 Å². The summed E-state index contributed by atoms with van der Waals surface area (Å²) in [4.78, 5) is 13.8. The molecule has 0 atom stereocenters. The summed E-state index contributed by atoms with van der Waals surface area (Å²) in [5, 5.41) is 20.8. The minimum absolute atomic E-state index is 0.457. The molecule has 0 unspecified atom stereocenters. The lowest BCUT2D eigenvalue weighted by Crippen LogP contribution is -2.14. The highest BCUT2D eigenvalue weighted by molar-refractivity contribution is 8.01. The van der Waals surface area contributed by atoms with Crippen LogP contribution < -0.4 is 10.5 Å². The average molecular weight is 360 g/mol. The van der Waals surface area contributed by atoms with Gasteiger partial charge in [-0.15, -0.1) is 11.3 Å². The minimum Gasteiger partial charge on any atom is -0.384 e. The van der Waals surface area contributed by atoms with Crippen LogP contribution in [0.25, 0.3) is 0 Å². The third kappa shape index (κ3) is 4.40. The van der Waals surface area contributed by atoms with Crippen molar-refractivity contribution < 1.29 is 13.3 Å². The van der Waals surface area contributed by atoms with Gasteiger partial charge in [0.05, 0.1) is 4.92 Å². The van der Waals surface area contributed by atoms with Gasteiger partial charge in [-0.3, -0.25) is 10.1 Å². The second-order valence-corrected chi connectivity index (χ2v) is 7.82. The van der Waals surface area contributed by atoms with Crippen LogP contribution in [0.15, 0.2) is 39.0 Å². The quantitative estimate of drug-likeness (QED) is 0.334. The molecule has 0 spiro atoms. The SMILES string of the molecule is NS(=O)(=O)c1ccc(NCCSc2nccs2)cc1[N+](=O)[O-]. The van der Waals surface area contributed by atoms with E-state index < -0.39 is 25.5 Å². The Hall–Kier alpha value is -1.69. The fourth-order valence-electron chi connectivity index (χ4n) is 1.63. The van der Waals surface area contributed by atoms with Crippen molar-refractivity contribution in [3.63, 3.8) is 0 Å². The number of nitro groups is 1. The molecule has 0 fully saturated rings. The number of thioether (sulfide) groups is 1. The summed E-state index contributed by atoms with van der Waals surface area (Å²) < 4.78 is 23.6. The molecule has 2 aromatic rings. The Kier molecular flexibility index (Phi) is 5.34. The van der Waals surface area contributed by atoms with Gasteiger partial charge in [-0.2, -0.15) is 0 Å². The number of nitrogens with two attached hydrogens (primary N) is 1. The molecule has 0 aliphatic carbocycles. The first kappa shape index (κ1) is 16.7. The predicted molar refractivity (Wildman–Crippen MR) is 85.8 cm³/mol. The van der Waals surface area contributed by atoms with E-state index in [1.165, 1.54) is 17.4 Å². The van der Waals surface area contributed by atoms with E-state index in [-0.39, 0.29) is 0 Å². The number of primary sulfonamides is 1. The third-order valence-electron chi connectivity index (χ3n) is 2.53. The molecule has 0 saturated carbocycles. The molecule has 2 rings (SSSR count). The molecule has 1 aromatic carbocycles. The number of benzene rings is 1. The van der Waals surface area contributed by atoms with Crippen molar-refractivity contribution in [2.45, 2.75) is 9.24 Å². The van der Waals surface area contributed by atoms with Gasteiger partial charge in [0.15, 0.2) is 4.90 Å². The van der Waals surface area contributed by atoms with Crippen molar-refractivity contribution in [3.8, 4) is 0 Å². The maximum absolute atomic E-state index is 11.3. The summed E-state index contributed by atoms with van der Waals surface area (Å²) in [6, 6.07) is 3.73. The Morgan fingerprint density at radius 3 is 2.82 bits per heavy atom. The van der Waals surface area contributed by atoms with Crippen molar-refractivity contribution in [1.29, 1.82) is 0 Å². The lowest BCUT2D eigenvalue weighted by Gasteiger charge is -2.07. The Balaban J connectivity index is 2.03. The number of aromatic nitrogens is 1. The number of thiazole rings is 1. The number of nitro benzene ring substituents is 1. The summed E-state index contributed by atoms with van der Waals surface area (Å²) in [6.45, 7) is 0.552. The van der Waals surface area contributed by atoms with E-state index >= 15 is 0 Å². The Morgan fingerprint density at radius 1 is 1.45 bits per heavy atom. The van der Waals surface area contributed by atoms with E-state index in [0.29, 0.717) is 12.2 Å². The number of nitrogens with one attached hydrogen (secondary N) is 1. The number of hydrogen-bond acceptors (Lipinski definition) is 8. The van der Waals surface area contributed by atoms with Crippen LogP contribution in [-0.4, -0.2) is 30.6 Å². The minimum atomic E-state index is -4.13. The third-order valence-corrected chi connectivity index (χ3v) is 5.45. The van der Waals surface area contributed by atoms with Crippen LogP contribution in [0.4, 0.5) is 11.4 Å². The van der Waals surface area contributed by atoms with Gasteiger partial charge in [-0.25, -0.2) is 18.5 Å². The first-order chi connectivity index (χ1) is 10.4. The van der Waals surface area contributed by atoms with Crippen LogP contribution >= 0.6 is 23.1 Å². The van der Waals surface area contributed by atoms with Gasteiger partial charge in [0.1, 0.15) is 4.34 Å². The highest BCUT2D eigenvalue weighted by atomic mass is 32.2. The van der Waals surface area contributed by atoms with Crippen molar-refractivity contribution >= 4 is 44.5 Å². The zero-order valence-electron chi connectivity index (χ0n) is 11.1. The zero-order valence-corrected chi connectivity index (χ0v) is 13.6. The molecule has 22 heavy (non-hydrogen) atoms. The molecule has 0 saturated heterocycles. The molecule has 1 heterocycles. The Morgan fingerprint density at radius 2 is 2.23 bits per heavy atom. The number of hydrogen-bond donors (Lipinski definition) is 2. The van der Waals surface area contributed by atoms with Gasteiger partial charge in [-0.1, -0.05) is 11.8 Å². The number of nitrogens with zero attached hydrogens (tertiary/aromatic N) is 2. The smallest absolute Gasteiger partial charge is 0.291 e. The fraction of sp³-hybridized carbons (Fsp3) is 0.182. The van der Waals surface area contributed by atoms with E-state index in [4.69, 9.17) is 5.14 Å². The molecule has 3 N–H and O–H groups in total. The van der Waals surface area contributed by atoms with E-state index in [9.17, 15) is 18.5 Å². The van der Waals surface area contributed by atoms with E-state index in [1.807, 2.05) is 5.38 Å². The van der Waals surface area contributed by atoms with Gasteiger partial charge in [0, 0.05) is 35.6 Å². The summed E-state index contributed by atoms with van der Waals surface area (Å²) >= 11 is 3.09. The van der Waals surface area contributed by atoms with Crippen LogP contribution in [0.1, 0.15) is 0 Å². The summed E-state index contributed by atoms with van der Waals surface area (Å²) in [7, 11) is -4.13. The van der Waals surface area contributed by atoms with Gasteiger partial charge < -0.3 is 5.32 Å². The van der Waals surface area contributed by atoms with E-state index in [0.717, 1.165) is 22.2 Å². The highest BCUT2D eigenvalue weighted by Crippen LogP contribution is 2.26. The molecule has 1 aromatic heterocycles. The standard InChI is InChI=1S/C11H12N4O4S3/c12-22(18,19)10-2-1-8(7-9(10)15(16)17)13-3-5-20-11-14-4-6-21-11/h1-2,4,6-7,13H,3,5H2,(H2,12,18,19). The lowest BCUT2D eigenvalue weighted by atomic mass is 10.3. The van der Waals surface area contributed by atoms with Crippen molar-refractivity contribution in [3.05, 3.63) is 39.9 Å². The summed E-state index contributed by atoms with van der Waals surface area (Å²) in [6.07, 6.45) is 1.72. The zero-order chi connectivity index (χ0) is 16.2. The molecular formula is C11H12N4O4S3. The number of anilines is 1. The second kappa shape index (κ2) is 7.05. The van der Waals surface area contributed by atoms with Gasteiger partial charge in [0.2, 0.25) is 10.0 Å². The normalized spacial score (nSPS) is 11.3. The van der Waals surface area contributed by atoms with Crippen LogP contribution in [-0.2, 0) is 10.0 Å². The second-order valence-electron chi connectivity index (χ2n) is 4.06. The van der Waals surface area contributed by atoms with Crippen molar-refractivity contribution in [2.24, 2.45) is 5.14 Å². The van der Waals surface area contributed by atoms with E-state index in [2.05, 4.69) is 10.3 Å². The van der Waals surface area contributed by atoms with Gasteiger partial charge in [0.25, 0.3) is 5.69 Å². The van der Waals surface area contributed by atoms with E-state index in [1.54, 1.807) is 18.0 Å². The number of rotatable bonds is 7. The predicted octanol–water partition coefficient (Wildman–Crippen LogP) is 1.90. The van der Waals surface area contributed by atoms with Crippen molar-refractivity contribution in [1.82, 2.24) is 4.98 Å².